The van der Waals surface area contributed by atoms with Crippen LogP contribution in [0.3, 0.4) is 0 Å². The number of sulfonamides is 1. The number of ether oxygens (including phenoxy) is 1. The summed E-state index contributed by atoms with van der Waals surface area (Å²) in [5, 5.41) is 2.69. The van der Waals surface area contributed by atoms with Gasteiger partial charge in [-0.25, -0.2) is 8.42 Å². The van der Waals surface area contributed by atoms with Crippen LogP contribution >= 0.6 is 11.8 Å². The molecule has 0 radical (unpaired) electrons. The molecular formula is C19H22N2O4S2. The van der Waals surface area contributed by atoms with Crippen LogP contribution in [0.4, 0.5) is 5.69 Å². The Labute approximate surface area is 164 Å². The van der Waals surface area contributed by atoms with Crippen molar-refractivity contribution in [2.75, 3.05) is 31.3 Å². The summed E-state index contributed by atoms with van der Waals surface area (Å²) >= 11 is 1.63. The molecule has 1 aliphatic heterocycles. The summed E-state index contributed by atoms with van der Waals surface area (Å²) in [5.74, 6) is 0.257. The van der Waals surface area contributed by atoms with Crippen molar-refractivity contribution in [3.05, 3.63) is 48.5 Å². The zero-order valence-corrected chi connectivity index (χ0v) is 16.7. The molecule has 2 aromatic rings. The predicted octanol–water partition coefficient (Wildman–Crippen LogP) is 3.21. The molecule has 0 aromatic heterocycles. The maximum absolute atomic E-state index is 12.6. The number of rotatable bonds is 7. The second-order valence-electron chi connectivity index (χ2n) is 6.15. The van der Waals surface area contributed by atoms with Gasteiger partial charge in [-0.2, -0.15) is 4.31 Å². The number of carbonyl (C=O) groups excluding carboxylic acids is 1. The van der Waals surface area contributed by atoms with E-state index >= 15 is 0 Å². The van der Waals surface area contributed by atoms with Gasteiger partial charge in [-0.15, -0.1) is 11.8 Å². The SMILES string of the molecule is CSc1ccc(OCC(=O)Nc2cccc(S(=O)(=O)N3CCCC3)c2)cc1. The number of thioether (sulfide) groups is 1. The lowest BCUT2D eigenvalue weighted by atomic mass is 10.3. The van der Waals surface area contributed by atoms with Gasteiger partial charge in [0.25, 0.3) is 5.91 Å². The second-order valence-corrected chi connectivity index (χ2v) is 8.97. The van der Waals surface area contributed by atoms with Crippen LogP contribution in [-0.2, 0) is 14.8 Å². The first-order chi connectivity index (χ1) is 13.0. The first kappa shape index (κ1) is 19.7. The zero-order chi connectivity index (χ0) is 19.3. The van der Waals surface area contributed by atoms with Crippen molar-refractivity contribution in [3.63, 3.8) is 0 Å². The van der Waals surface area contributed by atoms with Crippen LogP contribution in [0, 0.1) is 0 Å². The highest BCUT2D eigenvalue weighted by atomic mass is 32.2. The summed E-state index contributed by atoms with van der Waals surface area (Å²) in [6, 6.07) is 13.8. The molecular weight excluding hydrogens is 384 g/mol. The highest BCUT2D eigenvalue weighted by Gasteiger charge is 2.27. The molecule has 1 heterocycles. The molecule has 0 unspecified atom stereocenters. The standard InChI is InChI=1S/C19H22N2O4S2/c1-26-17-9-7-16(8-10-17)25-14-19(22)20-15-5-4-6-18(13-15)27(23,24)21-11-2-3-12-21/h4-10,13H,2-3,11-12,14H2,1H3,(H,20,22). The van der Waals surface area contributed by atoms with Gasteiger partial charge >= 0.3 is 0 Å². The fourth-order valence-corrected chi connectivity index (χ4v) is 4.80. The van der Waals surface area contributed by atoms with E-state index in [9.17, 15) is 13.2 Å². The largest absolute Gasteiger partial charge is 0.484 e. The average molecular weight is 407 g/mol. The molecule has 1 amide bonds. The number of hydrogen-bond acceptors (Lipinski definition) is 5. The first-order valence-corrected chi connectivity index (χ1v) is 11.3. The van der Waals surface area contributed by atoms with Crippen LogP contribution in [0.1, 0.15) is 12.8 Å². The van der Waals surface area contributed by atoms with E-state index in [-0.39, 0.29) is 17.4 Å². The minimum absolute atomic E-state index is 0.151. The Balaban J connectivity index is 1.60. The monoisotopic (exact) mass is 406 g/mol. The molecule has 6 nitrogen and oxygen atoms in total. The third-order valence-corrected chi connectivity index (χ3v) is 6.89. The summed E-state index contributed by atoms with van der Waals surface area (Å²) in [6.07, 6.45) is 3.75. The van der Waals surface area contributed by atoms with E-state index < -0.39 is 10.0 Å². The molecule has 1 fully saturated rings. The molecule has 2 aromatic carbocycles. The minimum atomic E-state index is -3.51. The zero-order valence-electron chi connectivity index (χ0n) is 15.1. The van der Waals surface area contributed by atoms with Crippen LogP contribution in [0.15, 0.2) is 58.3 Å². The predicted molar refractivity (Wildman–Crippen MR) is 107 cm³/mol. The summed E-state index contributed by atoms with van der Waals surface area (Å²) in [7, 11) is -3.51. The number of carbonyl (C=O) groups is 1. The van der Waals surface area contributed by atoms with Gasteiger partial charge in [-0.3, -0.25) is 4.79 Å². The van der Waals surface area contributed by atoms with E-state index in [1.54, 1.807) is 30.0 Å². The molecule has 0 atom stereocenters. The molecule has 0 saturated carbocycles. The van der Waals surface area contributed by atoms with Crippen LogP contribution in [0.2, 0.25) is 0 Å². The van der Waals surface area contributed by atoms with Gasteiger partial charge in [-0.1, -0.05) is 6.07 Å². The van der Waals surface area contributed by atoms with Crippen molar-refractivity contribution >= 4 is 33.4 Å². The van der Waals surface area contributed by atoms with Crippen LogP contribution in [0.5, 0.6) is 5.75 Å². The van der Waals surface area contributed by atoms with E-state index in [0.29, 0.717) is 24.5 Å². The Kier molecular flexibility index (Phi) is 6.41. The number of benzene rings is 2. The Morgan fingerprint density at radius 2 is 1.85 bits per heavy atom. The van der Waals surface area contributed by atoms with Gasteiger partial charge in [-0.05, 0) is 61.6 Å². The third kappa shape index (κ3) is 5.03. The second kappa shape index (κ2) is 8.77. The molecule has 0 spiro atoms. The fraction of sp³-hybridized carbons (Fsp3) is 0.316. The summed E-state index contributed by atoms with van der Waals surface area (Å²) in [6.45, 7) is 0.936. The molecule has 0 bridgehead atoms. The summed E-state index contributed by atoms with van der Waals surface area (Å²) < 4.78 is 32.2. The van der Waals surface area contributed by atoms with Crippen molar-refractivity contribution in [2.45, 2.75) is 22.6 Å². The number of nitrogens with zero attached hydrogens (tertiary/aromatic N) is 1. The Morgan fingerprint density at radius 1 is 1.15 bits per heavy atom. The maximum Gasteiger partial charge on any atom is 0.262 e. The third-order valence-electron chi connectivity index (χ3n) is 4.25. The van der Waals surface area contributed by atoms with Crippen LogP contribution in [0.25, 0.3) is 0 Å². The Hall–Kier alpha value is -2.03. The maximum atomic E-state index is 12.6. The Bertz CT molecular complexity index is 892. The molecule has 8 heteroatoms. The smallest absolute Gasteiger partial charge is 0.262 e. The highest BCUT2D eigenvalue weighted by molar-refractivity contribution is 7.98. The molecule has 27 heavy (non-hydrogen) atoms. The van der Waals surface area contributed by atoms with Crippen molar-refractivity contribution in [2.24, 2.45) is 0 Å². The quantitative estimate of drug-likeness (QED) is 0.715. The van der Waals surface area contributed by atoms with Crippen molar-refractivity contribution in [1.82, 2.24) is 4.31 Å². The number of anilines is 1. The van der Waals surface area contributed by atoms with Gasteiger partial charge in [0.15, 0.2) is 6.61 Å². The lowest BCUT2D eigenvalue weighted by Gasteiger charge is -2.16. The van der Waals surface area contributed by atoms with E-state index in [2.05, 4.69) is 5.32 Å². The lowest BCUT2D eigenvalue weighted by molar-refractivity contribution is -0.118. The first-order valence-electron chi connectivity index (χ1n) is 8.66. The van der Waals surface area contributed by atoms with Gasteiger partial charge in [0.05, 0.1) is 4.90 Å². The number of nitrogens with one attached hydrogen (secondary N) is 1. The molecule has 1 saturated heterocycles. The van der Waals surface area contributed by atoms with E-state index in [1.807, 2.05) is 30.5 Å². The van der Waals surface area contributed by atoms with Gasteiger partial charge in [0, 0.05) is 23.7 Å². The molecule has 144 valence electrons. The highest BCUT2D eigenvalue weighted by Crippen LogP contribution is 2.23. The average Bonchev–Trinajstić information content (AvgIpc) is 3.23. The number of hydrogen-bond donors (Lipinski definition) is 1. The molecule has 1 N–H and O–H groups in total. The van der Waals surface area contributed by atoms with E-state index in [0.717, 1.165) is 17.7 Å². The van der Waals surface area contributed by atoms with Crippen molar-refractivity contribution < 1.29 is 17.9 Å². The summed E-state index contributed by atoms with van der Waals surface area (Å²) in [4.78, 5) is 13.4. The van der Waals surface area contributed by atoms with Crippen molar-refractivity contribution in [1.29, 1.82) is 0 Å². The van der Waals surface area contributed by atoms with Gasteiger partial charge in [0.1, 0.15) is 5.75 Å². The molecule has 3 rings (SSSR count). The fourth-order valence-electron chi connectivity index (χ4n) is 2.83. The van der Waals surface area contributed by atoms with Crippen LogP contribution < -0.4 is 10.1 Å². The lowest BCUT2D eigenvalue weighted by Crippen LogP contribution is -2.28. The Morgan fingerprint density at radius 3 is 2.52 bits per heavy atom. The molecule has 1 aliphatic rings. The normalized spacial score (nSPS) is 14.9. The number of amides is 1. The van der Waals surface area contributed by atoms with Gasteiger partial charge < -0.3 is 10.1 Å². The summed E-state index contributed by atoms with van der Waals surface area (Å²) in [5.41, 5.74) is 0.432. The van der Waals surface area contributed by atoms with Gasteiger partial charge in [0.2, 0.25) is 10.0 Å². The minimum Gasteiger partial charge on any atom is -0.484 e. The van der Waals surface area contributed by atoms with E-state index in [4.69, 9.17) is 4.74 Å². The van der Waals surface area contributed by atoms with Crippen LogP contribution in [-0.4, -0.2) is 44.6 Å². The molecule has 0 aliphatic carbocycles. The van der Waals surface area contributed by atoms with E-state index in [1.165, 1.54) is 10.4 Å². The topological polar surface area (TPSA) is 75.7 Å². The van der Waals surface area contributed by atoms with Crippen molar-refractivity contribution in [3.8, 4) is 5.75 Å².